The summed E-state index contributed by atoms with van der Waals surface area (Å²) >= 11 is 0. The maximum absolute atomic E-state index is 12.3. The van der Waals surface area contributed by atoms with Crippen LogP contribution in [0.2, 0.25) is 0 Å². The van der Waals surface area contributed by atoms with Crippen LogP contribution in [0.5, 0.6) is 0 Å². The fraction of sp³-hybridized carbons (Fsp3) is 0.278. The molecule has 0 aliphatic carbocycles. The van der Waals surface area contributed by atoms with E-state index in [1.807, 2.05) is 32.0 Å². The van der Waals surface area contributed by atoms with Crippen LogP contribution in [0.25, 0.3) is 5.82 Å². The van der Waals surface area contributed by atoms with Gasteiger partial charge in [0.15, 0.2) is 5.82 Å². The number of aromatic nitrogens is 5. The summed E-state index contributed by atoms with van der Waals surface area (Å²) in [6.45, 7) is 5.12. The smallest absolute Gasteiger partial charge is 0.328 e. The van der Waals surface area contributed by atoms with Gasteiger partial charge in [0, 0.05) is 29.2 Å². The summed E-state index contributed by atoms with van der Waals surface area (Å²) in [5, 5.41) is 7.19. The van der Waals surface area contributed by atoms with Crippen LogP contribution in [-0.4, -0.2) is 30.2 Å². The number of H-pyrrole nitrogens is 1. The van der Waals surface area contributed by atoms with E-state index in [0.717, 1.165) is 11.3 Å². The van der Waals surface area contributed by atoms with Crippen LogP contribution in [0.3, 0.4) is 0 Å². The zero-order valence-corrected chi connectivity index (χ0v) is 15.3. The molecule has 9 nitrogen and oxygen atoms in total. The fourth-order valence-corrected chi connectivity index (χ4v) is 2.81. The average molecular weight is 368 g/mol. The molecule has 3 aromatic heterocycles. The molecule has 0 spiro atoms. The summed E-state index contributed by atoms with van der Waals surface area (Å²) in [4.78, 5) is 42.0. The Morgan fingerprint density at radius 3 is 2.78 bits per heavy atom. The third-order valence-corrected chi connectivity index (χ3v) is 4.26. The Morgan fingerprint density at radius 2 is 2.07 bits per heavy atom. The molecule has 2 N–H and O–H groups in total. The molecule has 0 aliphatic rings. The van der Waals surface area contributed by atoms with Gasteiger partial charge in [0.1, 0.15) is 6.54 Å². The van der Waals surface area contributed by atoms with Crippen molar-refractivity contribution in [3.63, 3.8) is 0 Å². The van der Waals surface area contributed by atoms with Crippen LogP contribution >= 0.6 is 0 Å². The molecular formula is C18H20N6O3. The largest absolute Gasteiger partial charge is 0.348 e. The quantitative estimate of drug-likeness (QED) is 0.685. The van der Waals surface area contributed by atoms with Crippen molar-refractivity contribution in [2.75, 3.05) is 0 Å². The molecule has 1 atom stereocenters. The predicted molar refractivity (Wildman–Crippen MR) is 98.7 cm³/mol. The third kappa shape index (κ3) is 3.86. The molecule has 0 unspecified atom stereocenters. The number of pyridine rings is 1. The molecule has 140 valence electrons. The number of nitrogens with one attached hydrogen (secondary N) is 2. The van der Waals surface area contributed by atoms with Crippen LogP contribution < -0.4 is 16.6 Å². The van der Waals surface area contributed by atoms with E-state index in [-0.39, 0.29) is 18.5 Å². The zero-order chi connectivity index (χ0) is 19.6. The van der Waals surface area contributed by atoms with Crippen molar-refractivity contribution in [1.29, 1.82) is 0 Å². The first-order valence-electron chi connectivity index (χ1n) is 8.42. The van der Waals surface area contributed by atoms with Crippen molar-refractivity contribution in [3.8, 4) is 5.82 Å². The molecule has 0 saturated carbocycles. The Hall–Kier alpha value is -3.49. The lowest BCUT2D eigenvalue weighted by atomic mass is 10.1. The summed E-state index contributed by atoms with van der Waals surface area (Å²) in [5.74, 6) is 0.344. The van der Waals surface area contributed by atoms with Gasteiger partial charge >= 0.3 is 5.69 Å². The van der Waals surface area contributed by atoms with Crippen LogP contribution in [0, 0.1) is 13.8 Å². The Morgan fingerprint density at radius 1 is 1.30 bits per heavy atom. The summed E-state index contributed by atoms with van der Waals surface area (Å²) < 4.78 is 2.87. The number of nitrogens with zero attached hydrogens (tertiary/aromatic N) is 4. The molecule has 0 saturated heterocycles. The standard InChI is InChI=1S/C18H20N6O3/c1-11-9-23(18(27)22-17(11)26)10-16(25)21-12(2)14-8-20-24(13(14)3)15-6-4-5-7-19-15/h4-9,12H,10H2,1-3H3,(H,21,25)(H,22,26,27)/t12-/m0/s1. The molecule has 0 fully saturated rings. The SMILES string of the molecule is Cc1cn(CC(=O)N[C@@H](C)c2cnn(-c3ccccn3)c2C)c(=O)[nH]c1=O. The topological polar surface area (TPSA) is 115 Å². The van der Waals surface area contributed by atoms with Crippen molar-refractivity contribution in [2.24, 2.45) is 0 Å². The molecule has 1 amide bonds. The normalized spacial score (nSPS) is 12.0. The van der Waals surface area contributed by atoms with E-state index < -0.39 is 11.2 Å². The average Bonchev–Trinajstić information content (AvgIpc) is 3.02. The number of carbonyl (C=O) groups excluding carboxylic acids is 1. The fourth-order valence-electron chi connectivity index (χ4n) is 2.81. The van der Waals surface area contributed by atoms with Gasteiger partial charge in [-0.2, -0.15) is 5.10 Å². The number of hydrogen-bond acceptors (Lipinski definition) is 5. The van der Waals surface area contributed by atoms with Gasteiger partial charge in [-0.15, -0.1) is 0 Å². The molecule has 0 bridgehead atoms. The number of aryl methyl sites for hydroxylation is 1. The summed E-state index contributed by atoms with van der Waals surface area (Å²) in [6.07, 6.45) is 4.74. The lowest BCUT2D eigenvalue weighted by Gasteiger charge is -2.14. The van der Waals surface area contributed by atoms with Crippen LogP contribution in [-0.2, 0) is 11.3 Å². The highest BCUT2D eigenvalue weighted by Gasteiger charge is 2.17. The molecular weight excluding hydrogens is 348 g/mol. The van der Waals surface area contributed by atoms with E-state index in [4.69, 9.17) is 0 Å². The Labute approximate surface area is 154 Å². The zero-order valence-electron chi connectivity index (χ0n) is 15.3. The van der Waals surface area contributed by atoms with Gasteiger partial charge in [-0.3, -0.25) is 19.1 Å². The van der Waals surface area contributed by atoms with Crippen molar-refractivity contribution in [3.05, 3.63) is 74.4 Å². The maximum atomic E-state index is 12.3. The monoisotopic (exact) mass is 368 g/mol. The number of carbonyl (C=O) groups is 1. The first-order valence-corrected chi connectivity index (χ1v) is 8.42. The predicted octanol–water partition coefficient (Wildman–Crippen LogP) is 0.612. The molecule has 9 heteroatoms. The molecule has 3 rings (SSSR count). The number of hydrogen-bond donors (Lipinski definition) is 2. The lowest BCUT2D eigenvalue weighted by molar-refractivity contribution is -0.122. The first-order chi connectivity index (χ1) is 12.9. The molecule has 3 heterocycles. The summed E-state index contributed by atoms with van der Waals surface area (Å²) in [5.41, 5.74) is 0.996. The van der Waals surface area contributed by atoms with Gasteiger partial charge < -0.3 is 5.32 Å². The molecule has 27 heavy (non-hydrogen) atoms. The molecule has 0 radical (unpaired) electrons. The first kappa shape index (κ1) is 18.3. The maximum Gasteiger partial charge on any atom is 0.328 e. The van der Waals surface area contributed by atoms with Crippen LogP contribution in [0.15, 0.2) is 46.4 Å². The second-order valence-corrected chi connectivity index (χ2v) is 6.27. The second kappa shape index (κ2) is 7.40. The van der Waals surface area contributed by atoms with Gasteiger partial charge in [-0.05, 0) is 32.9 Å². The van der Waals surface area contributed by atoms with E-state index in [2.05, 4.69) is 20.4 Å². The number of aromatic amines is 1. The van der Waals surface area contributed by atoms with E-state index in [1.165, 1.54) is 10.8 Å². The molecule has 3 aromatic rings. The van der Waals surface area contributed by atoms with E-state index in [9.17, 15) is 14.4 Å². The minimum atomic E-state index is -0.618. The van der Waals surface area contributed by atoms with Gasteiger partial charge in [0.05, 0.1) is 12.2 Å². The van der Waals surface area contributed by atoms with Crippen LogP contribution in [0.4, 0.5) is 0 Å². The Bertz CT molecular complexity index is 1080. The van der Waals surface area contributed by atoms with Gasteiger partial charge in [0.2, 0.25) is 5.91 Å². The highest BCUT2D eigenvalue weighted by atomic mass is 16.2. The highest BCUT2D eigenvalue weighted by molar-refractivity contribution is 5.76. The van der Waals surface area contributed by atoms with Crippen molar-refractivity contribution < 1.29 is 4.79 Å². The van der Waals surface area contributed by atoms with Gasteiger partial charge in [-0.25, -0.2) is 14.5 Å². The van der Waals surface area contributed by atoms with Crippen molar-refractivity contribution in [2.45, 2.75) is 33.4 Å². The van der Waals surface area contributed by atoms with Crippen molar-refractivity contribution >= 4 is 5.91 Å². The Kier molecular flexibility index (Phi) is 5.02. The van der Waals surface area contributed by atoms with E-state index >= 15 is 0 Å². The molecule has 0 aromatic carbocycles. The minimum Gasteiger partial charge on any atom is -0.348 e. The van der Waals surface area contributed by atoms with E-state index in [1.54, 1.807) is 24.0 Å². The second-order valence-electron chi connectivity index (χ2n) is 6.27. The van der Waals surface area contributed by atoms with E-state index in [0.29, 0.717) is 11.4 Å². The molecule has 0 aliphatic heterocycles. The number of rotatable bonds is 5. The van der Waals surface area contributed by atoms with Crippen LogP contribution in [0.1, 0.15) is 29.8 Å². The summed E-state index contributed by atoms with van der Waals surface area (Å²) in [6, 6.07) is 5.23. The van der Waals surface area contributed by atoms with Crippen molar-refractivity contribution in [1.82, 2.24) is 29.6 Å². The Balaban J connectivity index is 1.74. The van der Waals surface area contributed by atoms with Gasteiger partial charge in [-0.1, -0.05) is 6.07 Å². The van der Waals surface area contributed by atoms with Gasteiger partial charge in [0.25, 0.3) is 5.56 Å². The third-order valence-electron chi connectivity index (χ3n) is 4.26. The highest BCUT2D eigenvalue weighted by Crippen LogP contribution is 2.19. The summed E-state index contributed by atoms with van der Waals surface area (Å²) in [7, 11) is 0. The lowest BCUT2D eigenvalue weighted by Crippen LogP contribution is -2.37. The minimum absolute atomic E-state index is 0.186. The number of amides is 1.